The fourth-order valence-corrected chi connectivity index (χ4v) is 1.59. The molecule has 2 nitrogen and oxygen atoms in total. The van der Waals surface area contributed by atoms with Crippen molar-refractivity contribution in [2.24, 2.45) is 5.73 Å². The number of benzene rings is 1. The smallest absolute Gasteiger partial charge is 0.387 e. The summed E-state index contributed by atoms with van der Waals surface area (Å²) in [6.07, 6.45) is 1.31. The van der Waals surface area contributed by atoms with Crippen LogP contribution < -0.4 is 10.5 Å². The topological polar surface area (TPSA) is 35.2 Å². The van der Waals surface area contributed by atoms with Gasteiger partial charge in [-0.1, -0.05) is 24.3 Å². The van der Waals surface area contributed by atoms with Gasteiger partial charge in [0, 0.05) is 17.7 Å². The van der Waals surface area contributed by atoms with Crippen molar-refractivity contribution in [3.05, 3.63) is 34.6 Å². The Morgan fingerprint density at radius 2 is 2.19 bits per heavy atom. The SMILES string of the molecule is C=Cc1c(Cl)cc(F)c(OC(F)F)c1CN. The summed E-state index contributed by atoms with van der Waals surface area (Å²) < 4.78 is 41.5. The van der Waals surface area contributed by atoms with Crippen molar-refractivity contribution < 1.29 is 17.9 Å². The van der Waals surface area contributed by atoms with Gasteiger partial charge >= 0.3 is 6.61 Å². The Morgan fingerprint density at radius 3 is 2.62 bits per heavy atom. The van der Waals surface area contributed by atoms with Gasteiger partial charge in [-0.3, -0.25) is 0 Å². The molecule has 6 heteroatoms. The van der Waals surface area contributed by atoms with E-state index in [1.54, 1.807) is 0 Å². The highest BCUT2D eigenvalue weighted by Gasteiger charge is 2.19. The molecule has 88 valence electrons. The van der Waals surface area contributed by atoms with E-state index in [0.717, 1.165) is 6.07 Å². The van der Waals surface area contributed by atoms with Gasteiger partial charge in [0.05, 0.1) is 5.02 Å². The van der Waals surface area contributed by atoms with E-state index >= 15 is 0 Å². The van der Waals surface area contributed by atoms with Gasteiger partial charge in [0.15, 0.2) is 11.6 Å². The Bertz CT molecular complexity index is 410. The van der Waals surface area contributed by atoms with Crippen LogP contribution in [0.15, 0.2) is 12.6 Å². The van der Waals surface area contributed by atoms with Crippen LogP contribution in [0, 0.1) is 5.82 Å². The molecule has 16 heavy (non-hydrogen) atoms. The predicted molar refractivity (Wildman–Crippen MR) is 56.0 cm³/mol. The zero-order valence-corrected chi connectivity index (χ0v) is 8.90. The second kappa shape index (κ2) is 5.23. The highest BCUT2D eigenvalue weighted by atomic mass is 35.5. The Labute approximate surface area is 95.5 Å². The van der Waals surface area contributed by atoms with E-state index < -0.39 is 18.2 Å². The highest BCUT2D eigenvalue weighted by Crippen LogP contribution is 2.33. The second-order valence-corrected chi connectivity index (χ2v) is 3.26. The summed E-state index contributed by atoms with van der Waals surface area (Å²) in [6.45, 7) is 0.139. The molecule has 0 aliphatic rings. The van der Waals surface area contributed by atoms with Crippen LogP contribution in [0.4, 0.5) is 13.2 Å². The molecular weight excluding hydrogens is 243 g/mol. The third-order valence-electron chi connectivity index (χ3n) is 1.94. The van der Waals surface area contributed by atoms with E-state index in [9.17, 15) is 13.2 Å². The van der Waals surface area contributed by atoms with Crippen molar-refractivity contribution in [3.63, 3.8) is 0 Å². The molecule has 1 aromatic carbocycles. The van der Waals surface area contributed by atoms with Crippen molar-refractivity contribution in [1.82, 2.24) is 0 Å². The van der Waals surface area contributed by atoms with E-state index in [-0.39, 0.29) is 17.1 Å². The highest BCUT2D eigenvalue weighted by molar-refractivity contribution is 6.32. The molecular formula is C10H9ClF3NO. The molecule has 0 spiro atoms. The minimum absolute atomic E-state index is 0.0505. The summed E-state index contributed by atoms with van der Waals surface area (Å²) in [4.78, 5) is 0. The average Bonchev–Trinajstić information content (AvgIpc) is 2.20. The van der Waals surface area contributed by atoms with Crippen LogP contribution in [-0.4, -0.2) is 6.61 Å². The summed E-state index contributed by atoms with van der Waals surface area (Å²) in [6, 6.07) is 0.884. The molecule has 0 atom stereocenters. The molecule has 0 aliphatic carbocycles. The summed E-state index contributed by atoms with van der Waals surface area (Å²) in [7, 11) is 0. The second-order valence-electron chi connectivity index (χ2n) is 2.85. The van der Waals surface area contributed by atoms with Crippen LogP contribution in [0.5, 0.6) is 5.75 Å². The molecule has 0 radical (unpaired) electrons. The molecule has 0 saturated heterocycles. The first-order valence-corrected chi connectivity index (χ1v) is 4.67. The fraction of sp³-hybridized carbons (Fsp3) is 0.200. The molecule has 0 fully saturated rings. The molecule has 1 aromatic rings. The molecule has 0 aromatic heterocycles. The summed E-state index contributed by atoms with van der Waals surface area (Å²) >= 11 is 5.71. The molecule has 2 N–H and O–H groups in total. The van der Waals surface area contributed by atoms with E-state index in [0.29, 0.717) is 5.56 Å². The van der Waals surface area contributed by atoms with E-state index in [1.165, 1.54) is 6.08 Å². The molecule has 0 amide bonds. The van der Waals surface area contributed by atoms with Crippen molar-refractivity contribution in [2.75, 3.05) is 0 Å². The largest absolute Gasteiger partial charge is 0.431 e. The quantitative estimate of drug-likeness (QED) is 0.892. The number of hydrogen-bond acceptors (Lipinski definition) is 2. The zero-order chi connectivity index (χ0) is 12.3. The van der Waals surface area contributed by atoms with Gasteiger partial charge in [-0.2, -0.15) is 8.78 Å². The Kier molecular flexibility index (Phi) is 4.20. The number of rotatable bonds is 4. The van der Waals surface area contributed by atoms with Gasteiger partial charge in [0.2, 0.25) is 0 Å². The molecule has 0 aliphatic heterocycles. The third kappa shape index (κ3) is 2.48. The Hall–Kier alpha value is -1.20. The van der Waals surface area contributed by atoms with Gasteiger partial charge in [0.1, 0.15) is 0 Å². The van der Waals surface area contributed by atoms with E-state index in [4.69, 9.17) is 17.3 Å². The monoisotopic (exact) mass is 251 g/mol. The van der Waals surface area contributed by atoms with E-state index in [2.05, 4.69) is 11.3 Å². The fourth-order valence-electron chi connectivity index (χ4n) is 1.31. The standard InChI is InChI=1S/C10H9ClF3NO/c1-2-5-6(4-15)9(16-10(13)14)8(12)3-7(5)11/h2-3,10H,1,4,15H2. The van der Waals surface area contributed by atoms with Crippen LogP contribution in [0.1, 0.15) is 11.1 Å². The number of nitrogens with two attached hydrogens (primary N) is 1. The van der Waals surface area contributed by atoms with Crippen molar-refractivity contribution in [1.29, 1.82) is 0 Å². The summed E-state index contributed by atoms with van der Waals surface area (Å²) in [5.74, 6) is -1.56. The lowest BCUT2D eigenvalue weighted by Crippen LogP contribution is -2.10. The van der Waals surface area contributed by atoms with Gasteiger partial charge < -0.3 is 10.5 Å². The Morgan fingerprint density at radius 1 is 1.56 bits per heavy atom. The lowest BCUT2D eigenvalue weighted by Gasteiger charge is -2.14. The van der Waals surface area contributed by atoms with Crippen LogP contribution >= 0.6 is 11.6 Å². The molecule has 1 rings (SSSR count). The van der Waals surface area contributed by atoms with Crippen molar-refractivity contribution in [2.45, 2.75) is 13.2 Å². The number of hydrogen-bond donors (Lipinski definition) is 1. The zero-order valence-electron chi connectivity index (χ0n) is 8.14. The summed E-state index contributed by atoms with van der Waals surface area (Å²) in [5.41, 5.74) is 5.71. The first-order valence-electron chi connectivity index (χ1n) is 4.29. The lowest BCUT2D eigenvalue weighted by atomic mass is 10.1. The van der Waals surface area contributed by atoms with Crippen molar-refractivity contribution >= 4 is 17.7 Å². The van der Waals surface area contributed by atoms with Crippen LogP contribution in [0.25, 0.3) is 6.08 Å². The van der Waals surface area contributed by atoms with Crippen LogP contribution in [-0.2, 0) is 6.54 Å². The van der Waals surface area contributed by atoms with Crippen molar-refractivity contribution in [3.8, 4) is 5.75 Å². The molecule has 0 heterocycles. The predicted octanol–water partition coefficient (Wildman–Crippen LogP) is 3.18. The maximum Gasteiger partial charge on any atom is 0.387 e. The first-order chi connectivity index (χ1) is 7.51. The Balaban J connectivity index is 3.39. The van der Waals surface area contributed by atoms with Gasteiger partial charge in [-0.25, -0.2) is 4.39 Å². The van der Waals surface area contributed by atoms with Gasteiger partial charge in [-0.15, -0.1) is 0 Å². The van der Waals surface area contributed by atoms with Crippen LogP contribution in [0.2, 0.25) is 5.02 Å². The number of halogens is 4. The summed E-state index contributed by atoms with van der Waals surface area (Å²) in [5, 5.41) is 0.0505. The van der Waals surface area contributed by atoms with Gasteiger partial charge in [-0.05, 0) is 6.07 Å². The average molecular weight is 252 g/mol. The van der Waals surface area contributed by atoms with Crippen LogP contribution in [0.3, 0.4) is 0 Å². The molecule has 0 unspecified atom stereocenters. The maximum absolute atomic E-state index is 13.3. The van der Waals surface area contributed by atoms with E-state index in [1.807, 2.05) is 0 Å². The minimum atomic E-state index is -3.13. The lowest BCUT2D eigenvalue weighted by molar-refractivity contribution is -0.0528. The number of alkyl halides is 2. The number of ether oxygens (including phenoxy) is 1. The van der Waals surface area contributed by atoms with Gasteiger partial charge in [0.25, 0.3) is 0 Å². The normalized spacial score (nSPS) is 10.6. The maximum atomic E-state index is 13.3. The minimum Gasteiger partial charge on any atom is -0.431 e. The molecule has 0 bridgehead atoms. The third-order valence-corrected chi connectivity index (χ3v) is 2.25. The molecule has 0 saturated carbocycles. The first kappa shape index (κ1) is 12.9.